The fourth-order valence-corrected chi connectivity index (χ4v) is 8.25. The molecule has 22 heavy (non-hydrogen) atoms. The van der Waals surface area contributed by atoms with Crippen LogP contribution < -0.4 is 0 Å². The number of ether oxygens (including phenoxy) is 1. The van der Waals surface area contributed by atoms with E-state index in [4.69, 9.17) is 4.74 Å². The minimum absolute atomic E-state index is 0.184. The van der Waals surface area contributed by atoms with Crippen molar-refractivity contribution in [2.24, 2.45) is 11.8 Å². The van der Waals surface area contributed by atoms with Crippen LogP contribution in [0.4, 0.5) is 0 Å². The summed E-state index contributed by atoms with van der Waals surface area (Å²) in [7, 11) is -2.54. The number of esters is 1. The molecule has 1 aliphatic rings. The van der Waals surface area contributed by atoms with Gasteiger partial charge in [-0.15, -0.1) is 0 Å². The van der Waals surface area contributed by atoms with Crippen LogP contribution in [0.25, 0.3) is 0 Å². The molecule has 0 aromatic rings. The minimum Gasteiger partial charge on any atom is -0.465 e. The number of halogens is 1. The van der Waals surface area contributed by atoms with E-state index in [-0.39, 0.29) is 5.97 Å². The first kappa shape index (κ1) is 20.5. The van der Waals surface area contributed by atoms with Gasteiger partial charge in [-0.25, -0.2) is 0 Å². The van der Waals surface area contributed by atoms with Crippen LogP contribution >= 0.6 is 29.7 Å². The van der Waals surface area contributed by atoms with Crippen LogP contribution in [0.1, 0.15) is 59.8 Å². The summed E-state index contributed by atoms with van der Waals surface area (Å²) < 4.78 is 20.0. The number of hydrogen-bond donors (Lipinski definition) is 0. The molecule has 1 saturated carbocycles. The van der Waals surface area contributed by atoms with Crippen molar-refractivity contribution in [1.82, 2.24) is 0 Å². The third-order valence-corrected chi connectivity index (χ3v) is 10.7. The Balaban J connectivity index is 3.17. The summed E-state index contributed by atoms with van der Waals surface area (Å²) in [6, 6.07) is 0. The topological polar surface area (TPSA) is 43.4 Å². The maximum absolute atomic E-state index is 13.6. The molecule has 0 spiro atoms. The van der Waals surface area contributed by atoms with E-state index in [0.717, 1.165) is 23.7 Å². The summed E-state index contributed by atoms with van der Waals surface area (Å²) in [5.41, 5.74) is 0. The number of rotatable bonds is 9. The summed E-state index contributed by atoms with van der Waals surface area (Å²) >= 11 is 2.43. The normalized spacial score (nSPS) is 28.8. The van der Waals surface area contributed by atoms with E-state index < -0.39 is 12.3 Å². The summed E-state index contributed by atoms with van der Waals surface area (Å²) in [6.07, 6.45) is 6.28. The molecule has 0 amide bonds. The number of unbranched alkanes of at least 4 members (excludes halogenated alkanes) is 1. The molecule has 3 nitrogen and oxygen atoms in total. The first-order valence-corrected chi connectivity index (χ1v) is 12.4. The van der Waals surface area contributed by atoms with Crippen molar-refractivity contribution in [3.8, 4) is 0 Å². The zero-order valence-corrected chi connectivity index (χ0v) is 17.6. The van der Waals surface area contributed by atoms with Gasteiger partial charge in [0.25, 0.3) is 0 Å². The molecule has 0 saturated heterocycles. The second-order valence-corrected chi connectivity index (χ2v) is 11.3. The van der Waals surface area contributed by atoms with Crippen molar-refractivity contribution in [2.75, 3.05) is 23.4 Å². The smallest absolute Gasteiger partial charge is 0.319 e. The van der Waals surface area contributed by atoms with Gasteiger partial charge in [-0.3, -0.25) is 4.79 Å². The molecular weight excluding hydrogens is 410 g/mol. The first-order chi connectivity index (χ1) is 10.4. The highest BCUT2D eigenvalue weighted by atomic mass is 127. The Labute approximate surface area is 149 Å². The van der Waals surface area contributed by atoms with Gasteiger partial charge in [-0.05, 0) is 43.9 Å². The lowest BCUT2D eigenvalue weighted by Gasteiger charge is -2.35. The highest BCUT2D eigenvalue weighted by molar-refractivity contribution is 14.1. The van der Waals surface area contributed by atoms with E-state index in [9.17, 15) is 9.36 Å². The van der Waals surface area contributed by atoms with Crippen LogP contribution in [0.3, 0.4) is 0 Å². The van der Waals surface area contributed by atoms with Crippen molar-refractivity contribution in [1.29, 1.82) is 0 Å². The first-order valence-electron chi connectivity index (χ1n) is 8.75. The lowest BCUT2D eigenvalue weighted by Crippen LogP contribution is -2.39. The Morgan fingerprint density at radius 1 is 1.18 bits per heavy atom. The van der Waals surface area contributed by atoms with E-state index in [0.29, 0.717) is 30.8 Å². The average molecular weight is 442 g/mol. The third kappa shape index (κ3) is 3.91. The summed E-state index contributed by atoms with van der Waals surface area (Å²) in [4.78, 5) is 12.8. The van der Waals surface area contributed by atoms with Crippen molar-refractivity contribution in [3.05, 3.63) is 0 Å². The largest absolute Gasteiger partial charge is 0.465 e. The van der Waals surface area contributed by atoms with Gasteiger partial charge in [0, 0.05) is 4.43 Å². The molecule has 0 radical (unpaired) electrons. The van der Waals surface area contributed by atoms with Crippen LogP contribution in [0.5, 0.6) is 0 Å². The Morgan fingerprint density at radius 3 is 2.23 bits per heavy atom. The van der Waals surface area contributed by atoms with Crippen LogP contribution in [0, 0.1) is 11.8 Å². The molecule has 1 rings (SSSR count). The highest BCUT2D eigenvalue weighted by Gasteiger charge is 2.59. The van der Waals surface area contributed by atoms with Crippen molar-refractivity contribution >= 4 is 35.7 Å². The molecule has 0 N–H and O–H groups in total. The minimum atomic E-state index is -2.54. The zero-order valence-electron chi connectivity index (χ0n) is 14.6. The standard InChI is InChI=1S/C17H32IO3P/c1-5-9-10-14-11-17(12-15(14)13-18,16(19)21-6-2)22(20,7-3)8-4/h14-15H,5-13H2,1-4H3/t14-,15-,17+/m1/s1. The zero-order chi connectivity index (χ0) is 16.8. The molecule has 0 aromatic carbocycles. The second-order valence-electron chi connectivity index (χ2n) is 6.50. The number of carbonyl (C=O) groups excluding carboxylic acids is 1. The molecule has 0 unspecified atom stereocenters. The number of alkyl halides is 1. The summed E-state index contributed by atoms with van der Waals surface area (Å²) in [6.45, 7) is 8.37. The molecule has 0 heterocycles. The van der Waals surface area contributed by atoms with E-state index in [1.165, 1.54) is 12.8 Å². The van der Waals surface area contributed by atoms with Crippen LogP contribution in [0.2, 0.25) is 0 Å². The maximum atomic E-state index is 13.6. The van der Waals surface area contributed by atoms with Crippen LogP contribution in [0.15, 0.2) is 0 Å². The fraction of sp³-hybridized carbons (Fsp3) is 0.941. The lowest BCUT2D eigenvalue weighted by atomic mass is 9.92. The van der Waals surface area contributed by atoms with Crippen molar-refractivity contribution < 1.29 is 14.1 Å². The summed E-state index contributed by atoms with van der Waals surface area (Å²) in [5.74, 6) is 0.839. The molecule has 5 heteroatoms. The van der Waals surface area contributed by atoms with Crippen molar-refractivity contribution in [2.45, 2.75) is 65.0 Å². The SMILES string of the molecule is CCCC[C@@H]1C[C@](C(=O)OCC)(P(=O)(CC)CC)C[C@@H]1CI. The third-order valence-electron chi connectivity index (χ3n) is 5.45. The predicted molar refractivity (Wildman–Crippen MR) is 103 cm³/mol. The molecule has 0 aromatic heterocycles. The molecule has 1 fully saturated rings. The van der Waals surface area contributed by atoms with Gasteiger partial charge < -0.3 is 9.30 Å². The summed E-state index contributed by atoms with van der Waals surface area (Å²) in [5, 5.41) is -0.708. The average Bonchev–Trinajstić information content (AvgIpc) is 2.92. The Kier molecular flexibility index (Phi) is 8.43. The molecule has 3 atom stereocenters. The Bertz CT molecular complexity index is 405. The second kappa shape index (κ2) is 9.05. The van der Waals surface area contributed by atoms with E-state index >= 15 is 0 Å². The monoisotopic (exact) mass is 442 g/mol. The Morgan fingerprint density at radius 2 is 1.77 bits per heavy atom. The van der Waals surface area contributed by atoms with Gasteiger partial charge in [0.2, 0.25) is 0 Å². The van der Waals surface area contributed by atoms with Gasteiger partial charge >= 0.3 is 5.97 Å². The van der Waals surface area contributed by atoms with Crippen LogP contribution in [-0.2, 0) is 14.1 Å². The van der Waals surface area contributed by atoms with Gasteiger partial charge in [0.1, 0.15) is 12.3 Å². The van der Waals surface area contributed by atoms with Gasteiger partial charge in [-0.1, -0.05) is 62.6 Å². The lowest BCUT2D eigenvalue weighted by molar-refractivity contribution is -0.146. The predicted octanol–water partition coefficient (Wildman–Crippen LogP) is 5.34. The molecule has 1 aliphatic carbocycles. The highest BCUT2D eigenvalue weighted by Crippen LogP contribution is 2.67. The van der Waals surface area contributed by atoms with Gasteiger partial charge in [0.15, 0.2) is 0 Å². The van der Waals surface area contributed by atoms with E-state index in [1.54, 1.807) is 0 Å². The van der Waals surface area contributed by atoms with E-state index in [2.05, 4.69) is 29.5 Å². The molecule has 130 valence electrons. The number of hydrogen-bond acceptors (Lipinski definition) is 3. The molecule has 0 bridgehead atoms. The van der Waals surface area contributed by atoms with Gasteiger partial charge in [-0.2, -0.15) is 0 Å². The molecular formula is C17H32IO3P. The maximum Gasteiger partial charge on any atom is 0.319 e. The van der Waals surface area contributed by atoms with E-state index in [1.807, 2.05) is 20.8 Å². The number of carbonyl (C=O) groups is 1. The van der Waals surface area contributed by atoms with Crippen LogP contribution in [-0.4, -0.2) is 34.5 Å². The fourth-order valence-electron chi connectivity index (χ4n) is 4.03. The molecule has 0 aliphatic heterocycles. The van der Waals surface area contributed by atoms with Gasteiger partial charge in [0.05, 0.1) is 6.61 Å². The van der Waals surface area contributed by atoms with Crippen molar-refractivity contribution in [3.63, 3.8) is 0 Å². The Hall–Kier alpha value is 0.430. The quantitative estimate of drug-likeness (QED) is 0.210.